The van der Waals surface area contributed by atoms with Crippen molar-refractivity contribution in [1.29, 1.82) is 0 Å². The molecule has 4 rings (SSSR count). The summed E-state index contributed by atoms with van der Waals surface area (Å²) in [5.41, 5.74) is 1.90. The van der Waals surface area contributed by atoms with Gasteiger partial charge in [0, 0.05) is 30.2 Å². The van der Waals surface area contributed by atoms with E-state index in [1.165, 1.54) is 61.7 Å². The second-order valence-corrected chi connectivity index (χ2v) is 7.09. The molecular formula is C20H26N2. The van der Waals surface area contributed by atoms with Crippen molar-refractivity contribution in [2.45, 2.75) is 37.6 Å². The predicted molar refractivity (Wildman–Crippen MR) is 94.6 cm³/mol. The molecule has 0 aliphatic carbocycles. The minimum Gasteiger partial charge on any atom is -0.374 e. The van der Waals surface area contributed by atoms with E-state index in [0.717, 1.165) is 6.54 Å². The number of hydrogen-bond acceptors (Lipinski definition) is 2. The molecule has 2 nitrogen and oxygen atoms in total. The van der Waals surface area contributed by atoms with Gasteiger partial charge in [0.05, 0.1) is 0 Å². The highest BCUT2D eigenvalue weighted by Gasteiger charge is 2.43. The number of nitrogens with zero attached hydrogens (tertiary/aromatic N) is 2. The molecule has 22 heavy (non-hydrogen) atoms. The molecule has 2 heteroatoms. The Morgan fingerprint density at radius 3 is 2.55 bits per heavy atom. The smallest absolute Gasteiger partial charge is 0.0443 e. The highest BCUT2D eigenvalue weighted by molar-refractivity contribution is 5.94. The van der Waals surface area contributed by atoms with E-state index >= 15 is 0 Å². The van der Waals surface area contributed by atoms with Gasteiger partial charge in [0.25, 0.3) is 0 Å². The van der Waals surface area contributed by atoms with Gasteiger partial charge in [-0.3, -0.25) is 4.90 Å². The van der Waals surface area contributed by atoms with E-state index in [1.54, 1.807) is 0 Å². The summed E-state index contributed by atoms with van der Waals surface area (Å²) in [7, 11) is 2.26. The third kappa shape index (κ3) is 2.30. The summed E-state index contributed by atoms with van der Waals surface area (Å²) in [4.78, 5) is 5.23. The summed E-state index contributed by atoms with van der Waals surface area (Å²) in [5.74, 6) is 0. The van der Waals surface area contributed by atoms with E-state index in [1.807, 2.05) is 0 Å². The van der Waals surface area contributed by atoms with Crippen LogP contribution in [0.3, 0.4) is 0 Å². The van der Waals surface area contributed by atoms with Crippen molar-refractivity contribution in [2.24, 2.45) is 0 Å². The van der Waals surface area contributed by atoms with E-state index in [2.05, 4.69) is 59.3 Å². The molecule has 0 aromatic heterocycles. The average molecular weight is 294 g/mol. The minimum absolute atomic E-state index is 0.527. The van der Waals surface area contributed by atoms with Crippen LogP contribution in [-0.4, -0.2) is 37.1 Å². The fraction of sp³-hybridized carbons (Fsp3) is 0.500. The molecule has 0 spiro atoms. The second kappa shape index (κ2) is 5.58. The van der Waals surface area contributed by atoms with Crippen LogP contribution in [-0.2, 0) is 0 Å². The first-order valence-corrected chi connectivity index (χ1v) is 8.73. The maximum Gasteiger partial charge on any atom is 0.0443 e. The van der Waals surface area contributed by atoms with E-state index in [9.17, 15) is 0 Å². The summed E-state index contributed by atoms with van der Waals surface area (Å²) in [6.45, 7) is 3.82. The minimum atomic E-state index is 0.527. The van der Waals surface area contributed by atoms with Gasteiger partial charge in [-0.2, -0.15) is 0 Å². The van der Waals surface area contributed by atoms with E-state index in [4.69, 9.17) is 0 Å². The zero-order chi connectivity index (χ0) is 15.0. The summed E-state index contributed by atoms with van der Waals surface area (Å²) >= 11 is 0. The molecule has 0 N–H and O–H groups in total. The first-order valence-electron chi connectivity index (χ1n) is 8.73. The molecule has 2 aliphatic heterocycles. The lowest BCUT2D eigenvalue weighted by molar-refractivity contribution is 0.185. The number of hydrogen-bond donors (Lipinski definition) is 0. The highest BCUT2D eigenvalue weighted by Crippen LogP contribution is 2.41. The molecule has 2 saturated heterocycles. The van der Waals surface area contributed by atoms with E-state index in [0.29, 0.717) is 5.54 Å². The van der Waals surface area contributed by atoms with Gasteiger partial charge in [-0.1, -0.05) is 36.4 Å². The molecule has 2 aromatic rings. The SMILES string of the molecule is CN(CCC12CCCN1CCC2)c1cccc2ccccc12. The molecule has 0 radical (unpaired) electrons. The maximum absolute atomic E-state index is 2.77. The van der Waals surface area contributed by atoms with Crippen LogP contribution in [0.5, 0.6) is 0 Å². The van der Waals surface area contributed by atoms with Crippen LogP contribution in [0.2, 0.25) is 0 Å². The van der Waals surface area contributed by atoms with E-state index in [-0.39, 0.29) is 0 Å². The average Bonchev–Trinajstić information content (AvgIpc) is 3.12. The van der Waals surface area contributed by atoms with Gasteiger partial charge in [0.2, 0.25) is 0 Å². The summed E-state index contributed by atoms with van der Waals surface area (Å²) in [5, 5.41) is 2.72. The monoisotopic (exact) mass is 294 g/mol. The molecule has 0 amide bonds. The number of rotatable bonds is 4. The Balaban J connectivity index is 1.53. The zero-order valence-corrected chi connectivity index (χ0v) is 13.6. The van der Waals surface area contributed by atoms with Gasteiger partial charge in [0.1, 0.15) is 0 Å². The molecule has 0 saturated carbocycles. The van der Waals surface area contributed by atoms with Crippen molar-refractivity contribution in [3.63, 3.8) is 0 Å². The fourth-order valence-electron chi connectivity index (χ4n) is 4.67. The van der Waals surface area contributed by atoms with Gasteiger partial charge in [-0.05, 0) is 56.6 Å². The number of benzene rings is 2. The van der Waals surface area contributed by atoms with Crippen LogP contribution in [0.15, 0.2) is 42.5 Å². The number of anilines is 1. The molecule has 116 valence electrons. The molecule has 2 heterocycles. The Bertz CT molecular complexity index is 648. The van der Waals surface area contributed by atoms with Gasteiger partial charge in [-0.25, -0.2) is 0 Å². The lowest BCUT2D eigenvalue weighted by Crippen LogP contribution is -2.41. The van der Waals surface area contributed by atoms with Crippen molar-refractivity contribution in [1.82, 2.24) is 4.90 Å². The highest BCUT2D eigenvalue weighted by atomic mass is 15.2. The Morgan fingerprint density at radius 1 is 1.00 bits per heavy atom. The molecule has 2 fully saturated rings. The lowest BCUT2D eigenvalue weighted by Gasteiger charge is -2.34. The van der Waals surface area contributed by atoms with Gasteiger partial charge in [0.15, 0.2) is 0 Å². The number of fused-ring (bicyclic) bond motifs is 2. The van der Waals surface area contributed by atoms with Gasteiger partial charge < -0.3 is 4.90 Å². The van der Waals surface area contributed by atoms with Crippen LogP contribution < -0.4 is 4.90 Å². The Labute approximate surface area is 133 Å². The quantitative estimate of drug-likeness (QED) is 0.830. The van der Waals surface area contributed by atoms with Gasteiger partial charge >= 0.3 is 0 Å². The topological polar surface area (TPSA) is 6.48 Å². The molecule has 0 bridgehead atoms. The van der Waals surface area contributed by atoms with Gasteiger partial charge in [-0.15, -0.1) is 0 Å². The van der Waals surface area contributed by atoms with Crippen LogP contribution in [0, 0.1) is 0 Å². The van der Waals surface area contributed by atoms with Crippen LogP contribution in [0.25, 0.3) is 10.8 Å². The third-order valence-corrected chi connectivity index (χ3v) is 5.90. The first-order chi connectivity index (χ1) is 10.8. The van der Waals surface area contributed by atoms with Crippen molar-refractivity contribution >= 4 is 16.5 Å². The molecule has 0 unspecified atom stereocenters. The van der Waals surface area contributed by atoms with Crippen LogP contribution in [0.1, 0.15) is 32.1 Å². The summed E-state index contributed by atoms with van der Waals surface area (Å²) in [6.07, 6.45) is 6.94. The van der Waals surface area contributed by atoms with Crippen molar-refractivity contribution in [2.75, 3.05) is 31.6 Å². The third-order valence-electron chi connectivity index (χ3n) is 5.90. The Hall–Kier alpha value is -1.54. The largest absolute Gasteiger partial charge is 0.374 e. The second-order valence-electron chi connectivity index (χ2n) is 7.09. The lowest BCUT2D eigenvalue weighted by atomic mass is 9.90. The Kier molecular flexibility index (Phi) is 3.57. The normalized spacial score (nSPS) is 20.4. The van der Waals surface area contributed by atoms with Crippen LogP contribution in [0.4, 0.5) is 5.69 Å². The molecular weight excluding hydrogens is 268 g/mol. The van der Waals surface area contributed by atoms with Crippen molar-refractivity contribution < 1.29 is 0 Å². The predicted octanol–water partition coefficient (Wildman–Crippen LogP) is 4.29. The standard InChI is InChI=1S/C20H26N2/c1-21(16-13-20-11-5-14-22(20)15-6-12-20)19-10-4-8-17-7-2-3-9-18(17)19/h2-4,7-10H,5-6,11-16H2,1H3. The Morgan fingerprint density at radius 2 is 1.73 bits per heavy atom. The van der Waals surface area contributed by atoms with Crippen LogP contribution >= 0.6 is 0 Å². The fourth-order valence-corrected chi connectivity index (χ4v) is 4.67. The molecule has 2 aromatic carbocycles. The first kappa shape index (κ1) is 14.1. The molecule has 2 aliphatic rings. The van der Waals surface area contributed by atoms with Crippen molar-refractivity contribution in [3.8, 4) is 0 Å². The maximum atomic E-state index is 2.77. The summed E-state index contributed by atoms with van der Waals surface area (Å²) < 4.78 is 0. The summed E-state index contributed by atoms with van der Waals surface area (Å²) in [6, 6.07) is 15.4. The molecule has 0 atom stereocenters. The van der Waals surface area contributed by atoms with Crippen molar-refractivity contribution in [3.05, 3.63) is 42.5 Å². The van der Waals surface area contributed by atoms with E-state index < -0.39 is 0 Å². The zero-order valence-electron chi connectivity index (χ0n) is 13.6.